The number of Topliss-reactive ketones (excluding diaryl/α,β-unsaturated/α-hetero) is 1. The number of ether oxygens (including phenoxy) is 2. The summed E-state index contributed by atoms with van der Waals surface area (Å²) in [6.07, 6.45) is 1.13. The van der Waals surface area contributed by atoms with Crippen molar-refractivity contribution in [1.29, 1.82) is 0 Å². The fourth-order valence-electron chi connectivity index (χ4n) is 1.82. The van der Waals surface area contributed by atoms with Gasteiger partial charge in [-0.15, -0.1) is 11.3 Å². The smallest absolute Gasteiger partial charge is 0.353 e. The van der Waals surface area contributed by atoms with Crippen molar-refractivity contribution in [2.24, 2.45) is 0 Å². The monoisotopic (exact) mass is 304 g/mol. The van der Waals surface area contributed by atoms with Crippen molar-refractivity contribution in [3.8, 4) is 11.5 Å². The number of hydrogen-bond donors (Lipinski definition) is 0. The molecule has 110 valence electrons. The van der Waals surface area contributed by atoms with Crippen LogP contribution in [0.15, 0.2) is 35.7 Å². The maximum atomic E-state index is 11.9. The van der Waals surface area contributed by atoms with E-state index >= 15 is 0 Å². The van der Waals surface area contributed by atoms with E-state index in [0.29, 0.717) is 29.2 Å². The molecular formula is C16H16O4S. The molecule has 0 N–H and O–H groups in total. The molecule has 2 aromatic rings. The zero-order valence-corrected chi connectivity index (χ0v) is 12.7. The van der Waals surface area contributed by atoms with Crippen LogP contribution < -0.4 is 9.47 Å². The highest BCUT2D eigenvalue weighted by Gasteiger charge is 2.13. The summed E-state index contributed by atoms with van der Waals surface area (Å²) in [5.41, 5.74) is 0.970. The van der Waals surface area contributed by atoms with Gasteiger partial charge in [0.1, 0.15) is 10.7 Å². The van der Waals surface area contributed by atoms with Crippen LogP contribution in [0, 0.1) is 0 Å². The molecule has 0 aliphatic carbocycles. The zero-order valence-electron chi connectivity index (χ0n) is 11.9. The van der Waals surface area contributed by atoms with Crippen molar-refractivity contribution in [1.82, 2.24) is 0 Å². The molecule has 21 heavy (non-hydrogen) atoms. The molecule has 0 unspecified atom stereocenters. The average Bonchev–Trinajstić information content (AvgIpc) is 3.00. The second-order valence-electron chi connectivity index (χ2n) is 4.55. The second kappa shape index (κ2) is 7.04. The second-order valence-corrected chi connectivity index (χ2v) is 5.50. The third-order valence-corrected chi connectivity index (χ3v) is 3.77. The summed E-state index contributed by atoms with van der Waals surface area (Å²) < 4.78 is 10.6. The number of aryl methyl sites for hydroxylation is 1. The van der Waals surface area contributed by atoms with Gasteiger partial charge in [-0.05, 0) is 42.5 Å². The minimum Gasteiger partial charge on any atom is -0.493 e. The van der Waals surface area contributed by atoms with Gasteiger partial charge in [0.05, 0.1) is 7.11 Å². The van der Waals surface area contributed by atoms with Gasteiger partial charge in [-0.3, -0.25) is 0 Å². The third-order valence-electron chi connectivity index (χ3n) is 2.92. The molecule has 0 spiro atoms. The van der Waals surface area contributed by atoms with Gasteiger partial charge >= 0.3 is 5.97 Å². The Hall–Kier alpha value is -2.14. The molecule has 5 heteroatoms. The molecule has 0 aliphatic heterocycles. The van der Waals surface area contributed by atoms with E-state index in [1.807, 2.05) is 11.4 Å². The summed E-state index contributed by atoms with van der Waals surface area (Å²) in [4.78, 5) is 23.5. The Morgan fingerprint density at radius 1 is 1.19 bits per heavy atom. The van der Waals surface area contributed by atoms with Gasteiger partial charge in [0.2, 0.25) is 0 Å². The van der Waals surface area contributed by atoms with Crippen molar-refractivity contribution in [3.63, 3.8) is 0 Å². The first-order chi connectivity index (χ1) is 10.1. The lowest BCUT2D eigenvalue weighted by molar-refractivity contribution is -0.116. The maximum Gasteiger partial charge on any atom is 0.353 e. The summed E-state index contributed by atoms with van der Waals surface area (Å²) in [5.74, 6) is 0.602. The van der Waals surface area contributed by atoms with Crippen molar-refractivity contribution >= 4 is 23.1 Å². The van der Waals surface area contributed by atoms with Crippen molar-refractivity contribution in [3.05, 3.63) is 46.2 Å². The van der Waals surface area contributed by atoms with Crippen LogP contribution in [-0.2, 0) is 11.2 Å². The van der Waals surface area contributed by atoms with Crippen LogP contribution in [0.2, 0.25) is 0 Å². The molecule has 0 fully saturated rings. The summed E-state index contributed by atoms with van der Waals surface area (Å²) in [5, 5.41) is 1.82. The van der Waals surface area contributed by atoms with E-state index in [9.17, 15) is 9.59 Å². The number of rotatable bonds is 6. The highest BCUT2D eigenvalue weighted by Crippen LogP contribution is 2.29. The third kappa shape index (κ3) is 4.16. The molecule has 1 heterocycles. The highest BCUT2D eigenvalue weighted by atomic mass is 32.1. The standard InChI is InChI=1S/C16H16O4S/c1-11(17)5-6-12-7-8-13(14(10-12)19-2)20-16(18)15-4-3-9-21-15/h3-4,7-10H,5-6H2,1-2H3. The lowest BCUT2D eigenvalue weighted by Crippen LogP contribution is -2.07. The molecule has 1 aromatic carbocycles. The predicted octanol–water partition coefficient (Wildman–Crippen LogP) is 3.50. The Labute approximate surface area is 127 Å². The maximum absolute atomic E-state index is 11.9. The van der Waals surface area contributed by atoms with Gasteiger partial charge in [-0.1, -0.05) is 12.1 Å². The van der Waals surface area contributed by atoms with Gasteiger partial charge in [-0.2, -0.15) is 0 Å². The number of methoxy groups -OCH3 is 1. The van der Waals surface area contributed by atoms with Crippen molar-refractivity contribution in [2.75, 3.05) is 7.11 Å². The average molecular weight is 304 g/mol. The Balaban J connectivity index is 2.12. The van der Waals surface area contributed by atoms with E-state index in [1.165, 1.54) is 18.4 Å². The fraction of sp³-hybridized carbons (Fsp3) is 0.250. The van der Waals surface area contributed by atoms with E-state index in [0.717, 1.165) is 5.56 Å². The van der Waals surface area contributed by atoms with Gasteiger partial charge in [0.15, 0.2) is 11.5 Å². The quantitative estimate of drug-likeness (QED) is 0.605. The van der Waals surface area contributed by atoms with Gasteiger partial charge in [-0.25, -0.2) is 4.79 Å². The normalized spacial score (nSPS) is 10.2. The molecule has 0 radical (unpaired) electrons. The molecule has 0 atom stereocenters. The molecule has 0 saturated heterocycles. The SMILES string of the molecule is COc1cc(CCC(C)=O)ccc1OC(=O)c1cccs1. The van der Waals surface area contributed by atoms with Crippen LogP contribution in [0.25, 0.3) is 0 Å². The number of ketones is 1. The zero-order chi connectivity index (χ0) is 15.2. The van der Waals surface area contributed by atoms with Crippen LogP contribution in [0.1, 0.15) is 28.6 Å². The lowest BCUT2D eigenvalue weighted by atomic mass is 10.1. The molecule has 4 nitrogen and oxygen atoms in total. The van der Waals surface area contributed by atoms with Gasteiger partial charge in [0, 0.05) is 6.42 Å². The van der Waals surface area contributed by atoms with Crippen LogP contribution in [0.4, 0.5) is 0 Å². The first kappa shape index (κ1) is 15.3. The number of carbonyl (C=O) groups is 2. The van der Waals surface area contributed by atoms with E-state index in [4.69, 9.17) is 9.47 Å². The molecule has 0 bridgehead atoms. The topological polar surface area (TPSA) is 52.6 Å². The van der Waals surface area contributed by atoms with Crippen LogP contribution in [0.5, 0.6) is 11.5 Å². The number of esters is 1. The largest absolute Gasteiger partial charge is 0.493 e. The number of hydrogen-bond acceptors (Lipinski definition) is 5. The first-order valence-corrected chi connectivity index (χ1v) is 7.40. The molecule has 0 aliphatic rings. The molecule has 2 rings (SSSR count). The molecule has 1 aromatic heterocycles. The Morgan fingerprint density at radius 2 is 2.00 bits per heavy atom. The Bertz CT molecular complexity index is 632. The van der Waals surface area contributed by atoms with Crippen molar-refractivity contribution < 1.29 is 19.1 Å². The number of thiophene rings is 1. The molecular weight excluding hydrogens is 288 g/mol. The predicted molar refractivity (Wildman–Crippen MR) is 81.3 cm³/mol. The van der Waals surface area contributed by atoms with Gasteiger partial charge < -0.3 is 14.3 Å². The first-order valence-electron chi connectivity index (χ1n) is 6.52. The Morgan fingerprint density at radius 3 is 2.62 bits per heavy atom. The van der Waals surface area contributed by atoms with Gasteiger partial charge in [0.25, 0.3) is 0 Å². The molecule has 0 saturated carbocycles. The van der Waals surface area contributed by atoms with E-state index in [-0.39, 0.29) is 5.78 Å². The van der Waals surface area contributed by atoms with E-state index in [1.54, 1.807) is 31.2 Å². The summed E-state index contributed by atoms with van der Waals surface area (Å²) in [6, 6.07) is 8.83. The highest BCUT2D eigenvalue weighted by molar-refractivity contribution is 7.12. The Kier molecular flexibility index (Phi) is 5.11. The van der Waals surface area contributed by atoms with Crippen LogP contribution >= 0.6 is 11.3 Å². The lowest BCUT2D eigenvalue weighted by Gasteiger charge is -2.10. The minimum absolute atomic E-state index is 0.141. The molecule has 0 amide bonds. The van der Waals surface area contributed by atoms with Crippen LogP contribution in [0.3, 0.4) is 0 Å². The summed E-state index contributed by atoms with van der Waals surface area (Å²) in [7, 11) is 1.52. The number of carbonyl (C=O) groups excluding carboxylic acids is 2. The van der Waals surface area contributed by atoms with Crippen LogP contribution in [-0.4, -0.2) is 18.9 Å². The van der Waals surface area contributed by atoms with E-state index in [2.05, 4.69) is 0 Å². The minimum atomic E-state index is -0.403. The van der Waals surface area contributed by atoms with E-state index < -0.39 is 5.97 Å². The van der Waals surface area contributed by atoms with Crippen molar-refractivity contribution in [2.45, 2.75) is 19.8 Å². The summed E-state index contributed by atoms with van der Waals surface area (Å²) in [6.45, 7) is 1.56. The summed E-state index contributed by atoms with van der Waals surface area (Å²) >= 11 is 1.33. The number of benzene rings is 1. The fourth-order valence-corrected chi connectivity index (χ4v) is 2.42.